The first-order valence-electron chi connectivity index (χ1n) is 16.9. The van der Waals surface area contributed by atoms with Crippen LogP contribution in [0.2, 0.25) is 0 Å². The third kappa shape index (κ3) is 16.8. The second kappa shape index (κ2) is 22.0. The summed E-state index contributed by atoms with van der Waals surface area (Å²) in [6, 6.07) is 17.1. The third-order valence-corrected chi connectivity index (χ3v) is 7.72. The number of carbonyl (C=O) groups excluding carboxylic acids is 4. The average Bonchev–Trinajstić information content (AvgIpc) is 3.05. The molecule has 0 spiro atoms. The van der Waals surface area contributed by atoms with Gasteiger partial charge in [-0.2, -0.15) is 0 Å². The molecule has 12 nitrogen and oxygen atoms in total. The van der Waals surface area contributed by atoms with Gasteiger partial charge < -0.3 is 37.5 Å². The molecule has 264 valence electrons. The van der Waals surface area contributed by atoms with Crippen molar-refractivity contribution in [2.75, 3.05) is 13.1 Å². The van der Waals surface area contributed by atoms with E-state index in [1.165, 1.54) is 5.56 Å². The number of nitrogens with one attached hydrogen (secondary N) is 4. The number of rotatable bonds is 21. The van der Waals surface area contributed by atoms with E-state index in [0.717, 1.165) is 24.8 Å². The molecule has 8 N–H and O–H groups in total. The van der Waals surface area contributed by atoms with E-state index in [1.54, 1.807) is 0 Å². The predicted octanol–water partition coefficient (Wildman–Crippen LogP) is 3.54. The molecule has 0 aliphatic rings. The minimum Gasteiger partial charge on any atom is -0.445 e. The maximum atomic E-state index is 13.6. The molecule has 0 unspecified atom stereocenters. The lowest BCUT2D eigenvalue weighted by Gasteiger charge is -2.28. The number of guanidine groups is 1. The highest BCUT2D eigenvalue weighted by molar-refractivity contribution is 5.91. The molecule has 0 aliphatic heterocycles. The van der Waals surface area contributed by atoms with Gasteiger partial charge in [-0.15, -0.1) is 0 Å². The van der Waals surface area contributed by atoms with Gasteiger partial charge >= 0.3 is 6.09 Å². The molecule has 48 heavy (non-hydrogen) atoms. The van der Waals surface area contributed by atoms with Gasteiger partial charge in [0.05, 0.1) is 0 Å². The van der Waals surface area contributed by atoms with Gasteiger partial charge in [0.15, 0.2) is 5.96 Å². The van der Waals surface area contributed by atoms with E-state index in [-0.39, 0.29) is 61.8 Å². The Hall–Kier alpha value is -4.61. The van der Waals surface area contributed by atoms with Crippen molar-refractivity contribution >= 4 is 29.8 Å². The molecule has 2 rings (SSSR count). The van der Waals surface area contributed by atoms with E-state index >= 15 is 0 Å². The van der Waals surface area contributed by atoms with Crippen molar-refractivity contribution in [2.45, 2.75) is 97.4 Å². The van der Waals surface area contributed by atoms with Gasteiger partial charge in [-0.05, 0) is 61.5 Å². The van der Waals surface area contributed by atoms with Crippen molar-refractivity contribution < 1.29 is 23.9 Å². The molecule has 2 aromatic carbocycles. The first-order valence-corrected chi connectivity index (χ1v) is 16.9. The molecule has 0 fully saturated rings. The molecular formula is C36H55N7O5. The topological polar surface area (TPSA) is 190 Å². The Morgan fingerprint density at radius 1 is 0.771 bits per heavy atom. The van der Waals surface area contributed by atoms with E-state index in [4.69, 9.17) is 16.2 Å². The summed E-state index contributed by atoms with van der Waals surface area (Å²) in [4.78, 5) is 56.3. The maximum Gasteiger partial charge on any atom is 0.408 e. The lowest BCUT2D eigenvalue weighted by atomic mass is 9.99. The SMILES string of the molecule is CC(C)C[C@H](NC(=O)[C@H](CCCN=C(N)N)NC(=O)OCc1ccccc1)C(=O)N[C@H](CNC(=O)CCCCc1ccccc1)C(C)C. The molecule has 4 amide bonds. The number of aryl methyl sites for hydroxylation is 1. The van der Waals surface area contributed by atoms with Gasteiger partial charge in [-0.25, -0.2) is 4.79 Å². The monoisotopic (exact) mass is 665 g/mol. The van der Waals surface area contributed by atoms with E-state index < -0.39 is 24.1 Å². The van der Waals surface area contributed by atoms with Crippen molar-refractivity contribution in [1.82, 2.24) is 21.3 Å². The van der Waals surface area contributed by atoms with E-state index in [0.29, 0.717) is 19.3 Å². The third-order valence-electron chi connectivity index (χ3n) is 7.72. The summed E-state index contributed by atoms with van der Waals surface area (Å²) in [5, 5.41) is 11.5. The molecule has 3 atom stereocenters. The number of benzene rings is 2. The lowest BCUT2D eigenvalue weighted by Crippen LogP contribution is -2.57. The van der Waals surface area contributed by atoms with Crippen LogP contribution < -0.4 is 32.7 Å². The number of hydrogen-bond donors (Lipinski definition) is 6. The Morgan fingerprint density at radius 3 is 2.00 bits per heavy atom. The molecule has 0 heterocycles. The second-order valence-electron chi connectivity index (χ2n) is 12.8. The number of nitrogens with two attached hydrogens (primary N) is 2. The Kier molecular flexibility index (Phi) is 18.2. The Morgan fingerprint density at radius 2 is 1.40 bits per heavy atom. The van der Waals surface area contributed by atoms with Crippen LogP contribution in [0.25, 0.3) is 0 Å². The summed E-state index contributed by atoms with van der Waals surface area (Å²) in [7, 11) is 0. The fraction of sp³-hybridized carbons (Fsp3) is 0.528. The quantitative estimate of drug-likeness (QED) is 0.0668. The molecule has 0 aliphatic carbocycles. The zero-order chi connectivity index (χ0) is 35.3. The average molecular weight is 666 g/mol. The van der Waals surface area contributed by atoms with Crippen molar-refractivity contribution in [1.29, 1.82) is 0 Å². The zero-order valence-corrected chi connectivity index (χ0v) is 28.9. The number of hydrogen-bond acceptors (Lipinski definition) is 6. The van der Waals surface area contributed by atoms with Gasteiger partial charge in [-0.1, -0.05) is 88.4 Å². The van der Waals surface area contributed by atoms with Gasteiger partial charge in [0.25, 0.3) is 0 Å². The highest BCUT2D eigenvalue weighted by Crippen LogP contribution is 2.11. The van der Waals surface area contributed by atoms with Crippen LogP contribution in [-0.4, -0.2) is 61.0 Å². The molecular weight excluding hydrogens is 610 g/mol. The van der Waals surface area contributed by atoms with Crippen LogP contribution >= 0.6 is 0 Å². The fourth-order valence-corrected chi connectivity index (χ4v) is 4.96. The Bertz CT molecular complexity index is 1280. The number of amides is 4. The van der Waals surface area contributed by atoms with Crippen LogP contribution in [-0.2, 0) is 32.1 Å². The summed E-state index contributed by atoms with van der Waals surface area (Å²) in [5.41, 5.74) is 12.9. The predicted molar refractivity (Wildman–Crippen MR) is 189 cm³/mol. The van der Waals surface area contributed by atoms with Crippen LogP contribution in [0.4, 0.5) is 4.79 Å². The van der Waals surface area contributed by atoms with Crippen LogP contribution in [0.3, 0.4) is 0 Å². The molecule has 0 aromatic heterocycles. The first kappa shape index (κ1) is 39.6. The van der Waals surface area contributed by atoms with Gasteiger partial charge in [0, 0.05) is 25.6 Å². The molecule has 0 bridgehead atoms. The van der Waals surface area contributed by atoms with Crippen molar-refractivity contribution in [3.8, 4) is 0 Å². The van der Waals surface area contributed by atoms with Crippen molar-refractivity contribution in [2.24, 2.45) is 28.3 Å². The number of nitrogens with zero attached hydrogens (tertiary/aromatic N) is 1. The van der Waals surface area contributed by atoms with Gasteiger partial charge in [-0.3, -0.25) is 19.4 Å². The first-order chi connectivity index (χ1) is 22.9. The minimum atomic E-state index is -0.994. The summed E-state index contributed by atoms with van der Waals surface area (Å²) in [6.45, 7) is 8.40. The minimum absolute atomic E-state index is 0.0204. The fourth-order valence-electron chi connectivity index (χ4n) is 4.96. The second-order valence-corrected chi connectivity index (χ2v) is 12.8. The molecule has 0 radical (unpaired) electrons. The van der Waals surface area contributed by atoms with Crippen molar-refractivity contribution in [3.63, 3.8) is 0 Å². The number of alkyl carbamates (subject to hydrolysis) is 1. The normalized spacial score (nSPS) is 12.8. The summed E-state index contributed by atoms with van der Waals surface area (Å²) < 4.78 is 5.34. The number of ether oxygens (including phenoxy) is 1. The van der Waals surface area contributed by atoms with E-state index in [2.05, 4.69) is 38.4 Å². The Labute approximate surface area is 285 Å². The van der Waals surface area contributed by atoms with E-state index in [1.807, 2.05) is 76.2 Å². The van der Waals surface area contributed by atoms with Crippen molar-refractivity contribution in [3.05, 3.63) is 71.8 Å². The maximum absolute atomic E-state index is 13.6. The van der Waals surface area contributed by atoms with Crippen LogP contribution in [0.15, 0.2) is 65.7 Å². The smallest absolute Gasteiger partial charge is 0.408 e. The molecule has 12 heteroatoms. The van der Waals surface area contributed by atoms with Crippen LogP contribution in [0, 0.1) is 11.8 Å². The van der Waals surface area contributed by atoms with Gasteiger partial charge in [0.1, 0.15) is 18.7 Å². The summed E-state index contributed by atoms with van der Waals surface area (Å²) in [6.07, 6.45) is 3.22. The zero-order valence-electron chi connectivity index (χ0n) is 28.9. The molecule has 0 saturated carbocycles. The van der Waals surface area contributed by atoms with Crippen LogP contribution in [0.1, 0.15) is 77.3 Å². The summed E-state index contributed by atoms with van der Waals surface area (Å²) >= 11 is 0. The highest BCUT2D eigenvalue weighted by atomic mass is 16.5. The molecule has 0 saturated heterocycles. The Balaban J connectivity index is 1.98. The standard InChI is InChI=1S/C36H55N7O5/c1-25(2)22-30(34(46)42-31(26(3)4)23-40-32(44)20-12-11-16-27-14-7-5-8-15-27)41-33(45)29(19-13-21-39-35(37)38)43-36(47)48-24-28-17-9-6-10-18-28/h5-10,14-15,17-18,25-26,29-31H,11-13,16,19-24H2,1-4H3,(H,40,44)(H,41,45)(H,42,46)(H,43,47)(H4,37,38,39)/t29-,30-,31+/m0/s1. The highest BCUT2D eigenvalue weighted by Gasteiger charge is 2.29. The number of unbranched alkanes of at least 4 members (excludes halogenated alkanes) is 1. The lowest BCUT2D eigenvalue weighted by molar-refractivity contribution is -0.131. The number of carbonyl (C=O) groups is 4. The molecule has 2 aromatic rings. The number of aliphatic imine (C=N–C) groups is 1. The van der Waals surface area contributed by atoms with E-state index in [9.17, 15) is 19.2 Å². The van der Waals surface area contributed by atoms with Gasteiger partial charge in [0.2, 0.25) is 17.7 Å². The summed E-state index contributed by atoms with van der Waals surface area (Å²) in [5.74, 6) is -0.922. The van der Waals surface area contributed by atoms with Crippen LogP contribution in [0.5, 0.6) is 0 Å². The largest absolute Gasteiger partial charge is 0.445 e.